The van der Waals surface area contributed by atoms with Gasteiger partial charge >= 0.3 is 11.1 Å². The van der Waals surface area contributed by atoms with Gasteiger partial charge in [0, 0.05) is 12.4 Å². The molecule has 1 unspecified atom stereocenters. The summed E-state index contributed by atoms with van der Waals surface area (Å²) in [6.07, 6.45) is 2.88. The van der Waals surface area contributed by atoms with E-state index in [1.54, 1.807) is 31.4 Å². The first-order chi connectivity index (χ1) is 14.9. The van der Waals surface area contributed by atoms with Crippen molar-refractivity contribution in [1.29, 1.82) is 0 Å². The second-order valence-electron chi connectivity index (χ2n) is 6.87. The molecule has 162 valence electrons. The molecule has 1 aromatic heterocycles. The molecule has 2 aromatic carbocycles. The molecule has 3 rings (SSSR count). The van der Waals surface area contributed by atoms with Crippen LogP contribution in [0.1, 0.15) is 25.5 Å². The van der Waals surface area contributed by atoms with Crippen LogP contribution in [0, 0.1) is 0 Å². The molecule has 1 amide bonds. The first-order valence-corrected chi connectivity index (χ1v) is 9.92. The zero-order chi connectivity index (χ0) is 22.4. The molecule has 1 heterocycles. The number of hydrogen-bond donors (Lipinski definition) is 1. The maximum absolute atomic E-state index is 12.7. The number of nitrogens with one attached hydrogen (secondary N) is 1. The van der Waals surface area contributed by atoms with E-state index in [4.69, 9.17) is 9.47 Å². The molecular weight excluding hydrogens is 398 g/mol. The average Bonchev–Trinajstić information content (AvgIpc) is 2.78. The Bertz CT molecular complexity index is 1180. The molecule has 8 nitrogen and oxygen atoms in total. The van der Waals surface area contributed by atoms with Gasteiger partial charge in [-0.25, -0.2) is 0 Å². The van der Waals surface area contributed by atoms with Crippen molar-refractivity contribution >= 4 is 5.91 Å². The number of carbonyl (C=O) groups is 1. The normalized spacial score (nSPS) is 11.6. The topological polar surface area (TPSA) is 91.6 Å². The number of para-hydroxylation sites is 2. The molecule has 0 bridgehead atoms. The Balaban J connectivity index is 1.79. The second-order valence-corrected chi connectivity index (χ2v) is 6.87. The maximum atomic E-state index is 12.7. The zero-order valence-electron chi connectivity index (χ0n) is 17.7. The maximum Gasteiger partial charge on any atom is 0.321 e. The van der Waals surface area contributed by atoms with Crippen LogP contribution in [0.2, 0.25) is 0 Å². The summed E-state index contributed by atoms with van der Waals surface area (Å²) in [7, 11) is 1.57. The van der Waals surface area contributed by atoms with Crippen molar-refractivity contribution in [3.63, 3.8) is 0 Å². The van der Waals surface area contributed by atoms with Crippen LogP contribution in [0.25, 0.3) is 5.69 Å². The van der Waals surface area contributed by atoms with Crippen molar-refractivity contribution in [3.05, 3.63) is 87.2 Å². The van der Waals surface area contributed by atoms with E-state index in [1.807, 2.05) is 38.1 Å². The lowest BCUT2D eigenvalue weighted by molar-refractivity contribution is -0.122. The predicted molar refractivity (Wildman–Crippen MR) is 117 cm³/mol. The Kier molecular flexibility index (Phi) is 6.92. The van der Waals surface area contributed by atoms with Crippen molar-refractivity contribution in [2.75, 3.05) is 13.7 Å². The van der Waals surface area contributed by atoms with Crippen molar-refractivity contribution < 1.29 is 14.3 Å². The van der Waals surface area contributed by atoms with Gasteiger partial charge in [0.1, 0.15) is 18.0 Å². The fraction of sp³-hybridized carbons (Fsp3) is 0.261. The van der Waals surface area contributed by atoms with Crippen LogP contribution in [0.5, 0.6) is 11.5 Å². The third kappa shape index (κ3) is 5.03. The zero-order valence-corrected chi connectivity index (χ0v) is 17.7. The third-order valence-corrected chi connectivity index (χ3v) is 4.77. The molecule has 1 atom stereocenters. The molecule has 0 saturated carbocycles. The lowest BCUT2D eigenvalue weighted by Gasteiger charge is -2.16. The number of hydrogen-bond acceptors (Lipinski definition) is 5. The van der Waals surface area contributed by atoms with Crippen LogP contribution in [0.3, 0.4) is 0 Å². The van der Waals surface area contributed by atoms with Crippen molar-refractivity contribution in [2.45, 2.75) is 26.4 Å². The number of carbonyl (C=O) groups excluding carboxylic acids is 1. The van der Waals surface area contributed by atoms with Crippen LogP contribution < -0.4 is 25.9 Å². The molecule has 0 aliphatic heterocycles. The van der Waals surface area contributed by atoms with E-state index in [9.17, 15) is 14.4 Å². The Morgan fingerprint density at radius 1 is 1.06 bits per heavy atom. The summed E-state index contributed by atoms with van der Waals surface area (Å²) in [5, 5.41) is 2.83. The Morgan fingerprint density at radius 3 is 2.58 bits per heavy atom. The molecule has 0 radical (unpaired) electrons. The predicted octanol–water partition coefficient (Wildman–Crippen LogP) is 2.28. The highest BCUT2D eigenvalue weighted by molar-refractivity contribution is 5.76. The highest BCUT2D eigenvalue weighted by Crippen LogP contribution is 2.21. The van der Waals surface area contributed by atoms with Crippen LogP contribution in [0.15, 0.2) is 70.5 Å². The molecule has 3 aromatic rings. The van der Waals surface area contributed by atoms with Crippen molar-refractivity contribution in [2.24, 2.45) is 0 Å². The van der Waals surface area contributed by atoms with Gasteiger partial charge in [0.15, 0.2) is 0 Å². The van der Waals surface area contributed by atoms with Gasteiger partial charge in [-0.05, 0) is 43.7 Å². The Hall–Kier alpha value is -3.81. The van der Waals surface area contributed by atoms with Crippen LogP contribution in [0.4, 0.5) is 0 Å². The molecule has 0 aliphatic carbocycles. The van der Waals surface area contributed by atoms with Gasteiger partial charge in [0.05, 0.1) is 25.4 Å². The van der Waals surface area contributed by atoms with E-state index in [0.717, 1.165) is 10.1 Å². The number of rotatable bonds is 8. The lowest BCUT2D eigenvalue weighted by Crippen LogP contribution is -2.42. The van der Waals surface area contributed by atoms with Gasteiger partial charge < -0.3 is 14.8 Å². The van der Waals surface area contributed by atoms with E-state index < -0.39 is 11.1 Å². The van der Waals surface area contributed by atoms with Gasteiger partial charge in [0.2, 0.25) is 5.91 Å². The molecule has 0 aliphatic rings. The third-order valence-electron chi connectivity index (χ3n) is 4.77. The van der Waals surface area contributed by atoms with Gasteiger partial charge in [-0.3, -0.25) is 23.5 Å². The van der Waals surface area contributed by atoms with E-state index in [1.165, 1.54) is 17.0 Å². The van der Waals surface area contributed by atoms with Gasteiger partial charge in [-0.15, -0.1) is 0 Å². The second kappa shape index (κ2) is 9.80. The van der Waals surface area contributed by atoms with E-state index in [-0.39, 0.29) is 18.5 Å². The van der Waals surface area contributed by atoms with E-state index in [0.29, 0.717) is 23.8 Å². The van der Waals surface area contributed by atoms with Crippen LogP contribution >= 0.6 is 0 Å². The number of nitrogens with zero attached hydrogens (tertiary/aromatic N) is 2. The van der Waals surface area contributed by atoms with Crippen LogP contribution in [-0.4, -0.2) is 28.8 Å². The Labute approximate surface area is 179 Å². The summed E-state index contributed by atoms with van der Waals surface area (Å²) in [6, 6.07) is 14.0. The van der Waals surface area contributed by atoms with Crippen LogP contribution in [-0.2, 0) is 11.3 Å². The number of benzene rings is 2. The molecule has 0 fully saturated rings. The summed E-state index contributed by atoms with van der Waals surface area (Å²) in [4.78, 5) is 37.7. The fourth-order valence-electron chi connectivity index (χ4n) is 3.19. The minimum Gasteiger partial charge on any atom is -0.497 e. The number of aromatic nitrogens is 2. The first kappa shape index (κ1) is 21.9. The SMILES string of the molecule is CCOc1ccccc1-n1ccn(CC(=O)NC(C)c2cccc(OC)c2)c(=O)c1=O. The average molecular weight is 423 g/mol. The van der Waals surface area contributed by atoms with Crippen molar-refractivity contribution in [1.82, 2.24) is 14.5 Å². The van der Waals surface area contributed by atoms with Gasteiger partial charge in [-0.2, -0.15) is 0 Å². The minimum atomic E-state index is -0.794. The summed E-state index contributed by atoms with van der Waals surface area (Å²) in [6.45, 7) is 3.82. The fourth-order valence-corrected chi connectivity index (χ4v) is 3.19. The highest BCUT2D eigenvalue weighted by atomic mass is 16.5. The molecule has 8 heteroatoms. The summed E-state index contributed by atoms with van der Waals surface area (Å²) >= 11 is 0. The van der Waals surface area contributed by atoms with E-state index >= 15 is 0 Å². The molecule has 0 saturated heterocycles. The quantitative estimate of drug-likeness (QED) is 0.562. The van der Waals surface area contributed by atoms with E-state index in [2.05, 4.69) is 5.32 Å². The first-order valence-electron chi connectivity index (χ1n) is 9.92. The number of methoxy groups -OCH3 is 1. The Morgan fingerprint density at radius 2 is 1.84 bits per heavy atom. The molecule has 31 heavy (non-hydrogen) atoms. The van der Waals surface area contributed by atoms with Crippen molar-refractivity contribution in [3.8, 4) is 17.2 Å². The standard InChI is InChI=1S/C23H25N3O5/c1-4-31-20-11-6-5-10-19(20)26-13-12-25(22(28)23(26)29)15-21(27)24-16(2)17-8-7-9-18(14-17)30-3/h5-14,16H,4,15H2,1-3H3,(H,24,27). The summed E-state index contributed by atoms with van der Waals surface area (Å²) < 4.78 is 13.1. The minimum absolute atomic E-state index is 0.268. The van der Waals surface area contributed by atoms with Gasteiger partial charge in [0.25, 0.3) is 0 Å². The highest BCUT2D eigenvalue weighted by Gasteiger charge is 2.15. The van der Waals surface area contributed by atoms with Gasteiger partial charge in [-0.1, -0.05) is 24.3 Å². The summed E-state index contributed by atoms with van der Waals surface area (Å²) in [5.41, 5.74) is -0.223. The smallest absolute Gasteiger partial charge is 0.321 e. The number of amides is 1. The monoisotopic (exact) mass is 423 g/mol. The largest absolute Gasteiger partial charge is 0.497 e. The molecule has 1 N–H and O–H groups in total. The number of ether oxygens (including phenoxy) is 2. The summed E-state index contributed by atoms with van der Waals surface area (Å²) in [5.74, 6) is 0.796. The molecular formula is C23H25N3O5. The molecule has 0 spiro atoms. The lowest BCUT2D eigenvalue weighted by atomic mass is 10.1.